The Bertz CT molecular complexity index is 376. The summed E-state index contributed by atoms with van der Waals surface area (Å²) in [4.78, 5) is 0. The molecule has 1 saturated heterocycles. The van der Waals surface area contributed by atoms with E-state index in [1.807, 2.05) is 0 Å². The zero-order valence-corrected chi connectivity index (χ0v) is 9.76. The van der Waals surface area contributed by atoms with Crippen molar-refractivity contribution in [3.05, 3.63) is 35.4 Å². The molecule has 1 aliphatic rings. The van der Waals surface area contributed by atoms with Gasteiger partial charge in [0, 0.05) is 12.1 Å². The van der Waals surface area contributed by atoms with Crippen molar-refractivity contribution in [3.63, 3.8) is 0 Å². The first-order chi connectivity index (χ1) is 8.16. The zero-order chi connectivity index (χ0) is 12.3. The second kappa shape index (κ2) is 5.56. The molecule has 1 aromatic rings. The highest BCUT2D eigenvalue weighted by Gasteiger charge is 2.17. The molecular weight excluding hydrogens is 222 g/mol. The second-order valence-electron chi connectivity index (χ2n) is 4.66. The number of hydrogen-bond acceptors (Lipinski definition) is 2. The third-order valence-corrected chi connectivity index (χ3v) is 3.32. The predicted molar refractivity (Wildman–Crippen MR) is 63.5 cm³/mol. The van der Waals surface area contributed by atoms with Gasteiger partial charge in [-0.3, -0.25) is 0 Å². The molecule has 2 atom stereocenters. The summed E-state index contributed by atoms with van der Waals surface area (Å²) < 4.78 is 25.9. The number of nitrogens with two attached hydrogens (primary N) is 1. The maximum absolute atomic E-state index is 13.1. The number of hydrogen-bond donors (Lipinski definition) is 2. The van der Waals surface area contributed by atoms with Gasteiger partial charge in [0.1, 0.15) is 0 Å². The van der Waals surface area contributed by atoms with Gasteiger partial charge in [0.05, 0.1) is 0 Å². The fourth-order valence-electron chi connectivity index (χ4n) is 2.31. The van der Waals surface area contributed by atoms with Crippen LogP contribution >= 0.6 is 0 Å². The third-order valence-electron chi connectivity index (χ3n) is 3.32. The molecule has 1 aliphatic heterocycles. The van der Waals surface area contributed by atoms with E-state index in [9.17, 15) is 8.78 Å². The van der Waals surface area contributed by atoms with Crippen LogP contribution in [0.3, 0.4) is 0 Å². The van der Waals surface area contributed by atoms with Gasteiger partial charge in [-0.2, -0.15) is 0 Å². The number of halogens is 2. The molecule has 2 unspecified atom stereocenters. The molecule has 1 aromatic carbocycles. The first-order valence-electron chi connectivity index (χ1n) is 6.10. The smallest absolute Gasteiger partial charge is 0.159 e. The van der Waals surface area contributed by atoms with E-state index in [0.29, 0.717) is 11.6 Å². The van der Waals surface area contributed by atoms with Crippen LogP contribution in [0.1, 0.15) is 37.3 Å². The molecular formula is C13H18F2N2. The van der Waals surface area contributed by atoms with Crippen molar-refractivity contribution in [1.29, 1.82) is 0 Å². The summed E-state index contributed by atoms with van der Waals surface area (Å²) in [5.74, 6) is -1.65. The van der Waals surface area contributed by atoms with Gasteiger partial charge in [-0.15, -0.1) is 0 Å². The Kier molecular flexibility index (Phi) is 4.07. The highest BCUT2D eigenvalue weighted by atomic mass is 19.2. The first-order valence-corrected chi connectivity index (χ1v) is 6.10. The van der Waals surface area contributed by atoms with Crippen molar-refractivity contribution in [1.82, 2.24) is 5.32 Å². The van der Waals surface area contributed by atoms with Crippen LogP contribution in [0.15, 0.2) is 18.2 Å². The van der Waals surface area contributed by atoms with Crippen LogP contribution in [-0.4, -0.2) is 12.6 Å². The SMILES string of the molecule is NC(CC1CCCCN1)c1ccc(F)c(F)c1. The topological polar surface area (TPSA) is 38.0 Å². The Labute approximate surface area is 100 Å². The van der Waals surface area contributed by atoms with Crippen LogP contribution in [0, 0.1) is 11.6 Å². The Morgan fingerprint density at radius 3 is 2.76 bits per heavy atom. The zero-order valence-electron chi connectivity index (χ0n) is 9.76. The Morgan fingerprint density at radius 1 is 1.29 bits per heavy atom. The van der Waals surface area contributed by atoms with Crippen molar-refractivity contribution < 1.29 is 8.78 Å². The highest BCUT2D eigenvalue weighted by molar-refractivity contribution is 5.21. The molecule has 1 heterocycles. The van der Waals surface area contributed by atoms with Gasteiger partial charge in [0.2, 0.25) is 0 Å². The molecule has 0 saturated carbocycles. The van der Waals surface area contributed by atoms with Crippen molar-refractivity contribution in [3.8, 4) is 0 Å². The van der Waals surface area contributed by atoms with Gasteiger partial charge in [0.25, 0.3) is 0 Å². The lowest BCUT2D eigenvalue weighted by Gasteiger charge is -2.26. The molecule has 94 valence electrons. The summed E-state index contributed by atoms with van der Waals surface area (Å²) in [6.07, 6.45) is 4.29. The maximum Gasteiger partial charge on any atom is 0.159 e. The highest BCUT2D eigenvalue weighted by Crippen LogP contribution is 2.21. The van der Waals surface area contributed by atoms with Crippen LogP contribution in [0.2, 0.25) is 0 Å². The van der Waals surface area contributed by atoms with E-state index in [1.54, 1.807) is 6.07 Å². The maximum atomic E-state index is 13.1. The van der Waals surface area contributed by atoms with E-state index < -0.39 is 11.6 Å². The van der Waals surface area contributed by atoms with E-state index >= 15 is 0 Å². The quantitative estimate of drug-likeness (QED) is 0.852. The lowest BCUT2D eigenvalue weighted by atomic mass is 9.94. The summed E-state index contributed by atoms with van der Waals surface area (Å²) in [6.45, 7) is 1.02. The molecule has 0 amide bonds. The van der Waals surface area contributed by atoms with Gasteiger partial charge >= 0.3 is 0 Å². The van der Waals surface area contributed by atoms with Crippen molar-refractivity contribution in [2.75, 3.05) is 6.54 Å². The van der Waals surface area contributed by atoms with Gasteiger partial charge < -0.3 is 11.1 Å². The minimum Gasteiger partial charge on any atom is -0.324 e. The lowest BCUT2D eigenvalue weighted by molar-refractivity contribution is 0.361. The number of rotatable bonds is 3. The normalized spacial score (nSPS) is 22.4. The molecule has 2 nitrogen and oxygen atoms in total. The third kappa shape index (κ3) is 3.23. The molecule has 2 rings (SSSR count). The van der Waals surface area contributed by atoms with Gasteiger partial charge in [0.15, 0.2) is 11.6 Å². The van der Waals surface area contributed by atoms with Crippen LogP contribution in [0.25, 0.3) is 0 Å². The van der Waals surface area contributed by atoms with Crippen LogP contribution in [0.5, 0.6) is 0 Å². The monoisotopic (exact) mass is 240 g/mol. The van der Waals surface area contributed by atoms with Crippen LogP contribution < -0.4 is 11.1 Å². The standard InChI is InChI=1S/C13H18F2N2/c14-11-5-4-9(7-12(11)15)13(16)8-10-3-1-2-6-17-10/h4-5,7,10,13,17H,1-3,6,8,16H2. The molecule has 0 spiro atoms. The molecule has 1 fully saturated rings. The van der Waals surface area contributed by atoms with Crippen LogP contribution in [0.4, 0.5) is 8.78 Å². The molecule has 3 N–H and O–H groups in total. The van der Waals surface area contributed by atoms with Crippen molar-refractivity contribution >= 4 is 0 Å². The van der Waals surface area contributed by atoms with Crippen molar-refractivity contribution in [2.45, 2.75) is 37.8 Å². The van der Waals surface area contributed by atoms with E-state index in [4.69, 9.17) is 5.73 Å². The molecule has 0 aliphatic carbocycles. The van der Waals surface area contributed by atoms with Crippen LogP contribution in [-0.2, 0) is 0 Å². The Morgan fingerprint density at radius 2 is 2.12 bits per heavy atom. The van der Waals surface area contributed by atoms with E-state index in [0.717, 1.165) is 25.5 Å². The average Bonchev–Trinajstić information content (AvgIpc) is 2.34. The summed E-state index contributed by atoms with van der Waals surface area (Å²) in [5, 5.41) is 3.40. The summed E-state index contributed by atoms with van der Waals surface area (Å²) >= 11 is 0. The Hall–Kier alpha value is -1.00. The summed E-state index contributed by atoms with van der Waals surface area (Å²) in [7, 11) is 0. The minimum atomic E-state index is -0.824. The minimum absolute atomic E-state index is 0.235. The predicted octanol–water partition coefficient (Wildman–Crippen LogP) is 2.50. The molecule has 4 heteroatoms. The molecule has 0 bridgehead atoms. The van der Waals surface area contributed by atoms with Crippen molar-refractivity contribution in [2.24, 2.45) is 5.73 Å². The fourth-order valence-corrected chi connectivity index (χ4v) is 2.31. The summed E-state index contributed by atoms with van der Waals surface area (Å²) in [6, 6.07) is 4.06. The number of piperidine rings is 1. The van der Waals surface area contributed by atoms with Gasteiger partial charge in [-0.05, 0) is 43.5 Å². The molecule has 17 heavy (non-hydrogen) atoms. The largest absolute Gasteiger partial charge is 0.324 e. The second-order valence-corrected chi connectivity index (χ2v) is 4.66. The van der Waals surface area contributed by atoms with Gasteiger partial charge in [-0.25, -0.2) is 8.78 Å². The lowest BCUT2D eigenvalue weighted by Crippen LogP contribution is -2.36. The Balaban J connectivity index is 1.98. The molecule has 0 aromatic heterocycles. The average molecular weight is 240 g/mol. The summed E-state index contributed by atoms with van der Waals surface area (Å²) in [5.41, 5.74) is 6.68. The van der Waals surface area contributed by atoms with Gasteiger partial charge in [-0.1, -0.05) is 12.5 Å². The first kappa shape index (κ1) is 12.5. The van der Waals surface area contributed by atoms with E-state index in [2.05, 4.69) is 5.32 Å². The number of nitrogens with one attached hydrogen (secondary N) is 1. The number of benzene rings is 1. The van der Waals surface area contributed by atoms with E-state index in [-0.39, 0.29) is 6.04 Å². The molecule has 0 radical (unpaired) electrons. The van der Waals surface area contributed by atoms with E-state index in [1.165, 1.54) is 18.9 Å². The fraction of sp³-hybridized carbons (Fsp3) is 0.538.